The van der Waals surface area contributed by atoms with Crippen LogP contribution in [0, 0.1) is 5.82 Å². The van der Waals surface area contributed by atoms with Gasteiger partial charge in [0.1, 0.15) is 5.82 Å². The van der Waals surface area contributed by atoms with Crippen molar-refractivity contribution in [1.29, 1.82) is 0 Å². The Bertz CT molecular complexity index is 431. The molecule has 0 aliphatic heterocycles. The van der Waals surface area contributed by atoms with Crippen molar-refractivity contribution in [3.8, 4) is 0 Å². The summed E-state index contributed by atoms with van der Waals surface area (Å²) in [5.41, 5.74) is 0.137. The fraction of sp³-hybridized carbons (Fsp3) is 0.462. The first-order valence-corrected chi connectivity index (χ1v) is 6.37. The Hall–Kier alpha value is -1.03. The van der Waals surface area contributed by atoms with Crippen LogP contribution < -0.4 is 0 Å². The highest BCUT2D eigenvalue weighted by atomic mass is 32.1. The van der Waals surface area contributed by atoms with Crippen molar-refractivity contribution >= 4 is 18.5 Å². The number of amides is 1. The number of hydrogen-bond acceptors (Lipinski definition) is 2. The number of nitrogens with zero attached hydrogens (tertiary/aromatic N) is 1. The highest BCUT2D eigenvalue weighted by Crippen LogP contribution is 2.29. The van der Waals surface area contributed by atoms with E-state index in [1.54, 1.807) is 11.0 Å². The SMILES string of the molecule is CCCN(C(=O)c1cc(S)ccc1F)C1CC1. The van der Waals surface area contributed by atoms with Gasteiger partial charge < -0.3 is 4.90 Å². The van der Waals surface area contributed by atoms with E-state index >= 15 is 0 Å². The van der Waals surface area contributed by atoms with E-state index in [9.17, 15) is 9.18 Å². The molecule has 1 saturated carbocycles. The average Bonchev–Trinajstić information content (AvgIpc) is 3.12. The summed E-state index contributed by atoms with van der Waals surface area (Å²) >= 11 is 4.15. The van der Waals surface area contributed by atoms with Crippen molar-refractivity contribution in [2.75, 3.05) is 6.54 Å². The first-order valence-electron chi connectivity index (χ1n) is 5.93. The highest BCUT2D eigenvalue weighted by Gasteiger charge is 2.33. The molecule has 0 saturated heterocycles. The van der Waals surface area contributed by atoms with Gasteiger partial charge in [-0.2, -0.15) is 0 Å². The zero-order valence-electron chi connectivity index (χ0n) is 9.82. The Balaban J connectivity index is 2.24. The third kappa shape index (κ3) is 2.80. The van der Waals surface area contributed by atoms with E-state index in [1.807, 2.05) is 6.92 Å². The zero-order valence-corrected chi connectivity index (χ0v) is 10.7. The first-order chi connectivity index (χ1) is 8.13. The van der Waals surface area contributed by atoms with Crippen molar-refractivity contribution < 1.29 is 9.18 Å². The molecule has 0 bridgehead atoms. The van der Waals surface area contributed by atoms with Crippen LogP contribution in [0.15, 0.2) is 23.1 Å². The summed E-state index contributed by atoms with van der Waals surface area (Å²) in [6.07, 6.45) is 2.96. The van der Waals surface area contributed by atoms with E-state index < -0.39 is 5.82 Å². The number of thiol groups is 1. The van der Waals surface area contributed by atoms with Gasteiger partial charge in [-0.05, 0) is 37.5 Å². The van der Waals surface area contributed by atoms with E-state index in [1.165, 1.54) is 12.1 Å². The van der Waals surface area contributed by atoms with Crippen LogP contribution in [0.25, 0.3) is 0 Å². The second-order valence-electron chi connectivity index (χ2n) is 4.39. The van der Waals surface area contributed by atoms with Crippen LogP contribution in [-0.4, -0.2) is 23.4 Å². The van der Waals surface area contributed by atoms with Gasteiger partial charge >= 0.3 is 0 Å². The molecule has 1 aliphatic carbocycles. The molecule has 92 valence electrons. The molecular weight excluding hydrogens is 237 g/mol. The summed E-state index contributed by atoms with van der Waals surface area (Å²) < 4.78 is 13.6. The van der Waals surface area contributed by atoms with Gasteiger partial charge in [0.2, 0.25) is 0 Å². The van der Waals surface area contributed by atoms with E-state index in [-0.39, 0.29) is 11.5 Å². The molecule has 1 aromatic carbocycles. The molecule has 1 amide bonds. The lowest BCUT2D eigenvalue weighted by molar-refractivity contribution is 0.0738. The molecule has 0 N–H and O–H groups in total. The van der Waals surface area contributed by atoms with Gasteiger partial charge in [-0.3, -0.25) is 4.79 Å². The minimum atomic E-state index is -0.463. The van der Waals surface area contributed by atoms with Crippen molar-refractivity contribution in [2.24, 2.45) is 0 Å². The van der Waals surface area contributed by atoms with Gasteiger partial charge in [0.05, 0.1) is 5.56 Å². The van der Waals surface area contributed by atoms with Crippen LogP contribution in [0.5, 0.6) is 0 Å². The topological polar surface area (TPSA) is 20.3 Å². The summed E-state index contributed by atoms with van der Waals surface area (Å²) in [5, 5.41) is 0. The molecule has 0 heterocycles. The lowest BCUT2D eigenvalue weighted by Gasteiger charge is -2.22. The molecule has 1 aliphatic rings. The van der Waals surface area contributed by atoms with Crippen molar-refractivity contribution in [2.45, 2.75) is 37.1 Å². The van der Waals surface area contributed by atoms with Crippen molar-refractivity contribution in [3.05, 3.63) is 29.6 Å². The van der Waals surface area contributed by atoms with Crippen LogP contribution in [-0.2, 0) is 0 Å². The van der Waals surface area contributed by atoms with E-state index in [0.29, 0.717) is 17.5 Å². The molecule has 0 atom stereocenters. The Kier molecular flexibility index (Phi) is 3.72. The molecular formula is C13H16FNOS. The van der Waals surface area contributed by atoms with E-state index in [0.717, 1.165) is 19.3 Å². The summed E-state index contributed by atoms with van der Waals surface area (Å²) in [6, 6.07) is 4.67. The predicted molar refractivity (Wildman–Crippen MR) is 68.0 cm³/mol. The van der Waals surface area contributed by atoms with Gasteiger partial charge in [0.25, 0.3) is 5.91 Å². The van der Waals surface area contributed by atoms with Crippen LogP contribution in [0.4, 0.5) is 4.39 Å². The molecule has 0 unspecified atom stereocenters. The summed E-state index contributed by atoms with van der Waals surface area (Å²) in [5.74, 6) is -0.669. The van der Waals surface area contributed by atoms with Crippen molar-refractivity contribution in [1.82, 2.24) is 4.90 Å². The molecule has 0 aromatic heterocycles. The number of benzene rings is 1. The number of hydrogen-bond donors (Lipinski definition) is 1. The molecule has 4 heteroatoms. The molecule has 2 rings (SSSR count). The monoisotopic (exact) mass is 253 g/mol. The number of carbonyl (C=O) groups is 1. The quantitative estimate of drug-likeness (QED) is 0.817. The lowest BCUT2D eigenvalue weighted by Crippen LogP contribution is -2.34. The molecule has 0 radical (unpaired) electrons. The van der Waals surface area contributed by atoms with E-state index in [4.69, 9.17) is 0 Å². The van der Waals surface area contributed by atoms with Gasteiger partial charge in [0, 0.05) is 17.5 Å². The second-order valence-corrected chi connectivity index (χ2v) is 4.91. The maximum absolute atomic E-state index is 13.6. The molecule has 2 nitrogen and oxygen atoms in total. The molecule has 0 spiro atoms. The number of carbonyl (C=O) groups excluding carboxylic acids is 1. The summed E-state index contributed by atoms with van der Waals surface area (Å²) in [7, 11) is 0. The smallest absolute Gasteiger partial charge is 0.257 e. The Morgan fingerprint density at radius 3 is 2.82 bits per heavy atom. The van der Waals surface area contributed by atoms with Crippen LogP contribution in [0.1, 0.15) is 36.5 Å². The van der Waals surface area contributed by atoms with Crippen LogP contribution in [0.2, 0.25) is 0 Å². The maximum atomic E-state index is 13.6. The van der Waals surface area contributed by atoms with Gasteiger partial charge in [-0.15, -0.1) is 12.6 Å². The fourth-order valence-corrected chi connectivity index (χ4v) is 2.11. The third-order valence-electron chi connectivity index (χ3n) is 2.89. The van der Waals surface area contributed by atoms with Gasteiger partial charge in [-0.1, -0.05) is 6.92 Å². The Morgan fingerprint density at radius 1 is 1.53 bits per heavy atom. The second kappa shape index (κ2) is 5.08. The Morgan fingerprint density at radius 2 is 2.24 bits per heavy atom. The number of rotatable bonds is 4. The predicted octanol–water partition coefficient (Wildman–Crippen LogP) is 3.13. The number of halogens is 1. The zero-order chi connectivity index (χ0) is 12.4. The maximum Gasteiger partial charge on any atom is 0.257 e. The third-order valence-corrected chi connectivity index (χ3v) is 3.17. The first kappa shape index (κ1) is 12.4. The minimum absolute atomic E-state index is 0.137. The van der Waals surface area contributed by atoms with Gasteiger partial charge in [0.15, 0.2) is 0 Å². The van der Waals surface area contributed by atoms with E-state index in [2.05, 4.69) is 12.6 Å². The largest absolute Gasteiger partial charge is 0.336 e. The standard InChI is InChI=1S/C13H16FNOS/c1-2-7-15(9-3-4-9)13(16)11-8-10(17)5-6-12(11)14/h5-6,8-9,17H,2-4,7H2,1H3. The van der Waals surface area contributed by atoms with Crippen LogP contribution in [0.3, 0.4) is 0 Å². The summed E-state index contributed by atoms with van der Waals surface area (Å²) in [6.45, 7) is 2.72. The lowest BCUT2D eigenvalue weighted by atomic mass is 10.1. The van der Waals surface area contributed by atoms with Crippen LogP contribution >= 0.6 is 12.6 Å². The highest BCUT2D eigenvalue weighted by molar-refractivity contribution is 7.80. The average molecular weight is 253 g/mol. The Labute approximate surface area is 106 Å². The fourth-order valence-electron chi connectivity index (χ4n) is 1.91. The summed E-state index contributed by atoms with van der Waals surface area (Å²) in [4.78, 5) is 14.6. The molecule has 17 heavy (non-hydrogen) atoms. The normalized spacial score (nSPS) is 14.8. The molecule has 1 aromatic rings. The van der Waals surface area contributed by atoms with Crippen molar-refractivity contribution in [3.63, 3.8) is 0 Å². The minimum Gasteiger partial charge on any atom is -0.336 e. The van der Waals surface area contributed by atoms with Gasteiger partial charge in [-0.25, -0.2) is 4.39 Å². The molecule has 1 fully saturated rings.